The molecule has 78 valence electrons. The van der Waals surface area contributed by atoms with Crippen molar-refractivity contribution >= 4 is 33.2 Å². The molecule has 0 aromatic carbocycles. The lowest BCUT2D eigenvalue weighted by Gasteiger charge is -1.98. The molecule has 0 bridgehead atoms. The number of carboxylic acid groups (broad SMARTS) is 1. The molecule has 2 aromatic heterocycles. The molecular formula is C9H7BrN2O2S. The van der Waals surface area contributed by atoms with Crippen LogP contribution in [0.2, 0.25) is 0 Å². The van der Waals surface area contributed by atoms with Gasteiger partial charge in [-0.25, -0.2) is 4.79 Å². The minimum Gasteiger partial charge on any atom is -0.478 e. The van der Waals surface area contributed by atoms with E-state index in [-0.39, 0.29) is 5.56 Å². The van der Waals surface area contributed by atoms with Crippen molar-refractivity contribution in [2.24, 2.45) is 0 Å². The first-order valence-corrected chi connectivity index (χ1v) is 5.81. The molecule has 0 aliphatic carbocycles. The van der Waals surface area contributed by atoms with E-state index >= 15 is 0 Å². The molecule has 0 aliphatic rings. The summed E-state index contributed by atoms with van der Waals surface area (Å²) >= 11 is 5.02. The first kappa shape index (κ1) is 10.4. The molecular weight excluding hydrogens is 280 g/mol. The fourth-order valence-corrected chi connectivity index (χ4v) is 2.61. The van der Waals surface area contributed by atoms with Crippen LogP contribution in [0.15, 0.2) is 28.3 Å². The van der Waals surface area contributed by atoms with E-state index in [0.29, 0.717) is 6.54 Å². The standard InChI is InChI=1S/C9H7BrN2O2S/c10-7-1-2-15-8(7)5-12-4-6(3-11-12)9(13)14/h1-4H,5H2,(H,13,14). The van der Waals surface area contributed by atoms with Crippen LogP contribution in [0.1, 0.15) is 15.2 Å². The van der Waals surface area contributed by atoms with Gasteiger partial charge in [-0.1, -0.05) is 0 Å². The number of aromatic carboxylic acids is 1. The summed E-state index contributed by atoms with van der Waals surface area (Å²) in [7, 11) is 0. The third kappa shape index (κ3) is 2.27. The number of hydrogen-bond acceptors (Lipinski definition) is 3. The van der Waals surface area contributed by atoms with Gasteiger partial charge in [-0.05, 0) is 27.4 Å². The van der Waals surface area contributed by atoms with Crippen LogP contribution in [0.3, 0.4) is 0 Å². The number of carbonyl (C=O) groups is 1. The Morgan fingerprint density at radius 3 is 3.00 bits per heavy atom. The lowest BCUT2D eigenvalue weighted by Crippen LogP contribution is -1.99. The van der Waals surface area contributed by atoms with Gasteiger partial charge in [0.2, 0.25) is 0 Å². The Morgan fingerprint density at radius 1 is 1.67 bits per heavy atom. The molecule has 15 heavy (non-hydrogen) atoms. The van der Waals surface area contributed by atoms with Gasteiger partial charge in [0.1, 0.15) is 0 Å². The minimum absolute atomic E-state index is 0.211. The third-order valence-corrected chi connectivity index (χ3v) is 3.79. The summed E-state index contributed by atoms with van der Waals surface area (Å²) in [6, 6.07) is 1.96. The van der Waals surface area contributed by atoms with Crippen LogP contribution in [-0.4, -0.2) is 20.9 Å². The maximum atomic E-state index is 10.6. The molecule has 0 radical (unpaired) electrons. The molecule has 0 amide bonds. The monoisotopic (exact) mass is 286 g/mol. The van der Waals surface area contributed by atoms with E-state index in [1.54, 1.807) is 16.0 Å². The van der Waals surface area contributed by atoms with E-state index in [2.05, 4.69) is 21.0 Å². The Bertz CT molecular complexity index is 492. The number of aromatic nitrogens is 2. The number of nitrogens with zero attached hydrogens (tertiary/aromatic N) is 2. The Hall–Kier alpha value is -1.14. The fourth-order valence-electron chi connectivity index (χ4n) is 1.15. The van der Waals surface area contributed by atoms with Crippen molar-refractivity contribution in [1.29, 1.82) is 0 Å². The molecule has 0 saturated heterocycles. The molecule has 0 fully saturated rings. The van der Waals surface area contributed by atoms with E-state index in [9.17, 15) is 4.79 Å². The summed E-state index contributed by atoms with van der Waals surface area (Å²) in [5, 5.41) is 14.7. The van der Waals surface area contributed by atoms with Crippen molar-refractivity contribution in [3.63, 3.8) is 0 Å². The van der Waals surface area contributed by atoms with Crippen LogP contribution in [-0.2, 0) is 6.54 Å². The van der Waals surface area contributed by atoms with Gasteiger partial charge in [0.15, 0.2) is 0 Å². The van der Waals surface area contributed by atoms with Gasteiger partial charge in [0, 0.05) is 15.5 Å². The highest BCUT2D eigenvalue weighted by Gasteiger charge is 2.07. The molecule has 2 aromatic rings. The number of rotatable bonds is 3. The highest BCUT2D eigenvalue weighted by Crippen LogP contribution is 2.23. The highest BCUT2D eigenvalue weighted by atomic mass is 79.9. The Morgan fingerprint density at radius 2 is 2.47 bits per heavy atom. The summed E-state index contributed by atoms with van der Waals surface area (Å²) in [4.78, 5) is 11.7. The van der Waals surface area contributed by atoms with E-state index in [4.69, 9.17) is 5.11 Å². The quantitative estimate of drug-likeness (QED) is 0.943. The molecule has 0 unspecified atom stereocenters. The zero-order valence-electron chi connectivity index (χ0n) is 7.55. The van der Waals surface area contributed by atoms with E-state index in [0.717, 1.165) is 9.35 Å². The second-order valence-corrected chi connectivity index (χ2v) is 4.78. The molecule has 2 heterocycles. The Labute approximate surface area is 98.3 Å². The summed E-state index contributed by atoms with van der Waals surface area (Å²) in [6.07, 6.45) is 2.87. The summed E-state index contributed by atoms with van der Waals surface area (Å²) in [6.45, 7) is 0.589. The number of thiophene rings is 1. The zero-order chi connectivity index (χ0) is 10.8. The minimum atomic E-state index is -0.952. The fraction of sp³-hybridized carbons (Fsp3) is 0.111. The first-order valence-electron chi connectivity index (χ1n) is 4.14. The zero-order valence-corrected chi connectivity index (χ0v) is 9.96. The van der Waals surface area contributed by atoms with Gasteiger partial charge in [-0.15, -0.1) is 11.3 Å². The summed E-state index contributed by atoms with van der Waals surface area (Å²) in [5.41, 5.74) is 0.211. The van der Waals surface area contributed by atoms with Crippen molar-refractivity contribution in [2.45, 2.75) is 6.54 Å². The average molecular weight is 287 g/mol. The van der Waals surface area contributed by atoms with Crippen LogP contribution < -0.4 is 0 Å². The van der Waals surface area contributed by atoms with E-state index < -0.39 is 5.97 Å². The van der Waals surface area contributed by atoms with E-state index in [1.807, 2.05) is 11.4 Å². The predicted octanol–water partition coefficient (Wildman–Crippen LogP) is 2.45. The van der Waals surface area contributed by atoms with Crippen molar-refractivity contribution in [3.05, 3.63) is 38.8 Å². The second-order valence-electron chi connectivity index (χ2n) is 2.92. The summed E-state index contributed by atoms with van der Waals surface area (Å²) in [5.74, 6) is -0.952. The van der Waals surface area contributed by atoms with Crippen LogP contribution in [0.25, 0.3) is 0 Å². The average Bonchev–Trinajstić information content (AvgIpc) is 2.77. The molecule has 0 spiro atoms. The number of carboxylic acids is 1. The molecule has 2 rings (SSSR count). The SMILES string of the molecule is O=C(O)c1cnn(Cc2sccc2Br)c1. The van der Waals surface area contributed by atoms with Crippen molar-refractivity contribution in [1.82, 2.24) is 9.78 Å². The van der Waals surface area contributed by atoms with Crippen molar-refractivity contribution in [2.75, 3.05) is 0 Å². The van der Waals surface area contributed by atoms with Gasteiger partial charge in [-0.2, -0.15) is 5.10 Å². The topological polar surface area (TPSA) is 55.1 Å². The van der Waals surface area contributed by atoms with Crippen molar-refractivity contribution in [3.8, 4) is 0 Å². The summed E-state index contributed by atoms with van der Waals surface area (Å²) < 4.78 is 2.64. The number of halogens is 1. The van der Waals surface area contributed by atoms with Crippen LogP contribution >= 0.6 is 27.3 Å². The van der Waals surface area contributed by atoms with Gasteiger partial charge >= 0.3 is 5.97 Å². The normalized spacial score (nSPS) is 10.5. The van der Waals surface area contributed by atoms with Gasteiger partial charge in [0.25, 0.3) is 0 Å². The van der Waals surface area contributed by atoms with Crippen molar-refractivity contribution < 1.29 is 9.90 Å². The smallest absolute Gasteiger partial charge is 0.338 e. The van der Waals surface area contributed by atoms with Crippen LogP contribution in [0.4, 0.5) is 0 Å². The van der Waals surface area contributed by atoms with Gasteiger partial charge < -0.3 is 5.11 Å². The Balaban J connectivity index is 2.18. The lowest BCUT2D eigenvalue weighted by atomic mass is 10.4. The molecule has 0 atom stereocenters. The first-order chi connectivity index (χ1) is 7.16. The molecule has 6 heteroatoms. The van der Waals surface area contributed by atoms with Crippen LogP contribution in [0, 0.1) is 0 Å². The number of hydrogen-bond donors (Lipinski definition) is 1. The second kappa shape index (κ2) is 4.16. The third-order valence-electron chi connectivity index (χ3n) is 1.88. The lowest BCUT2D eigenvalue weighted by molar-refractivity contribution is 0.0697. The maximum absolute atomic E-state index is 10.6. The Kier molecular flexibility index (Phi) is 2.88. The van der Waals surface area contributed by atoms with Gasteiger partial charge in [-0.3, -0.25) is 4.68 Å². The highest BCUT2D eigenvalue weighted by molar-refractivity contribution is 9.10. The van der Waals surface area contributed by atoms with Gasteiger partial charge in [0.05, 0.1) is 18.3 Å². The molecule has 0 aliphatic heterocycles. The van der Waals surface area contributed by atoms with Crippen LogP contribution in [0.5, 0.6) is 0 Å². The largest absolute Gasteiger partial charge is 0.478 e. The molecule has 1 N–H and O–H groups in total. The molecule has 4 nitrogen and oxygen atoms in total. The predicted molar refractivity (Wildman–Crippen MR) is 60.3 cm³/mol. The molecule has 0 saturated carbocycles. The van der Waals surface area contributed by atoms with E-state index in [1.165, 1.54) is 12.4 Å². The maximum Gasteiger partial charge on any atom is 0.338 e.